The van der Waals surface area contributed by atoms with Crippen LogP contribution in [0.15, 0.2) is 47.4 Å². The lowest BCUT2D eigenvalue weighted by atomic mass is 10.2. The van der Waals surface area contributed by atoms with Crippen LogP contribution in [0.3, 0.4) is 0 Å². The Morgan fingerprint density at radius 1 is 1.15 bits per heavy atom. The summed E-state index contributed by atoms with van der Waals surface area (Å²) >= 11 is 6.01. The summed E-state index contributed by atoms with van der Waals surface area (Å²) in [5.74, 6) is 0. The van der Waals surface area contributed by atoms with Crippen molar-refractivity contribution in [1.82, 2.24) is 0 Å². The molecule has 2 aromatic rings. The van der Waals surface area contributed by atoms with Gasteiger partial charge in [0.1, 0.15) is 4.90 Å². The van der Waals surface area contributed by atoms with E-state index >= 15 is 0 Å². The summed E-state index contributed by atoms with van der Waals surface area (Å²) in [5.41, 5.74) is 7.82. The number of rotatable bonds is 4. The van der Waals surface area contributed by atoms with Crippen molar-refractivity contribution in [3.8, 4) is 0 Å². The molecule has 0 bridgehead atoms. The molecule has 0 amide bonds. The average molecular weight is 311 g/mol. The van der Waals surface area contributed by atoms with E-state index in [1.165, 1.54) is 6.07 Å². The third kappa shape index (κ3) is 3.30. The van der Waals surface area contributed by atoms with Crippen molar-refractivity contribution < 1.29 is 8.42 Å². The molecule has 0 spiro atoms. The van der Waals surface area contributed by atoms with E-state index in [4.69, 9.17) is 17.3 Å². The molecule has 3 N–H and O–H groups in total. The highest BCUT2D eigenvalue weighted by Gasteiger charge is 2.18. The molecule has 2 rings (SSSR count). The van der Waals surface area contributed by atoms with E-state index in [1.54, 1.807) is 24.3 Å². The number of nitrogens with one attached hydrogen (secondary N) is 1. The molecule has 0 aliphatic carbocycles. The van der Waals surface area contributed by atoms with Gasteiger partial charge in [-0.3, -0.25) is 4.72 Å². The van der Waals surface area contributed by atoms with E-state index in [1.807, 2.05) is 19.1 Å². The Morgan fingerprint density at radius 3 is 2.35 bits per heavy atom. The zero-order valence-corrected chi connectivity index (χ0v) is 12.5. The maximum atomic E-state index is 12.3. The maximum absolute atomic E-state index is 12.3. The SMILES string of the molecule is Cc1ccc(NS(=O)(=O)c2ccc(CN)cc2Cl)cc1. The van der Waals surface area contributed by atoms with Crippen LogP contribution in [0.4, 0.5) is 5.69 Å². The predicted octanol–water partition coefficient (Wildman–Crippen LogP) is 2.91. The first kappa shape index (κ1) is 14.8. The molecule has 0 heterocycles. The molecule has 0 unspecified atom stereocenters. The van der Waals surface area contributed by atoms with E-state index < -0.39 is 10.0 Å². The van der Waals surface area contributed by atoms with Crippen LogP contribution < -0.4 is 10.5 Å². The van der Waals surface area contributed by atoms with Gasteiger partial charge < -0.3 is 5.73 Å². The number of benzene rings is 2. The highest BCUT2D eigenvalue weighted by Crippen LogP contribution is 2.25. The van der Waals surface area contributed by atoms with E-state index in [-0.39, 0.29) is 9.92 Å². The summed E-state index contributed by atoms with van der Waals surface area (Å²) in [5, 5.41) is 0.160. The van der Waals surface area contributed by atoms with Crippen LogP contribution in [0, 0.1) is 6.92 Å². The van der Waals surface area contributed by atoms with Crippen LogP contribution in [0.1, 0.15) is 11.1 Å². The third-order valence-corrected chi connectivity index (χ3v) is 4.69. The molecule has 0 saturated heterocycles. The molecule has 4 nitrogen and oxygen atoms in total. The number of hydrogen-bond acceptors (Lipinski definition) is 3. The highest BCUT2D eigenvalue weighted by molar-refractivity contribution is 7.92. The number of nitrogens with two attached hydrogens (primary N) is 1. The Kier molecular flexibility index (Phi) is 4.32. The molecule has 0 radical (unpaired) electrons. The van der Waals surface area contributed by atoms with Crippen LogP contribution in [0.5, 0.6) is 0 Å². The van der Waals surface area contributed by atoms with Gasteiger partial charge in [-0.25, -0.2) is 8.42 Å². The molecule has 0 aromatic heterocycles. The maximum Gasteiger partial charge on any atom is 0.263 e. The molecule has 0 aliphatic rings. The van der Waals surface area contributed by atoms with Crippen LogP contribution in [-0.4, -0.2) is 8.42 Å². The Hall–Kier alpha value is -1.56. The lowest BCUT2D eigenvalue weighted by Crippen LogP contribution is -2.13. The van der Waals surface area contributed by atoms with Gasteiger partial charge in [-0.05, 0) is 36.8 Å². The molecular weight excluding hydrogens is 296 g/mol. The fourth-order valence-electron chi connectivity index (χ4n) is 1.72. The Bertz CT molecular complexity index is 712. The van der Waals surface area contributed by atoms with Gasteiger partial charge in [0.2, 0.25) is 0 Å². The minimum atomic E-state index is -3.70. The van der Waals surface area contributed by atoms with Crippen molar-refractivity contribution in [2.45, 2.75) is 18.4 Å². The molecule has 0 saturated carbocycles. The first-order valence-corrected chi connectivity index (χ1v) is 7.86. The van der Waals surface area contributed by atoms with Crippen LogP contribution >= 0.6 is 11.6 Å². The van der Waals surface area contributed by atoms with Gasteiger partial charge in [-0.1, -0.05) is 35.4 Å². The molecular formula is C14H15ClN2O2S. The summed E-state index contributed by atoms with van der Waals surface area (Å²) < 4.78 is 27.1. The van der Waals surface area contributed by atoms with Gasteiger partial charge in [0.05, 0.1) is 5.02 Å². The molecule has 20 heavy (non-hydrogen) atoms. The second kappa shape index (κ2) is 5.83. The van der Waals surface area contributed by atoms with Crippen molar-refractivity contribution >= 4 is 27.3 Å². The predicted molar refractivity (Wildman–Crippen MR) is 81.3 cm³/mol. The van der Waals surface area contributed by atoms with Gasteiger partial charge >= 0.3 is 0 Å². The fraction of sp³-hybridized carbons (Fsp3) is 0.143. The highest BCUT2D eigenvalue weighted by atomic mass is 35.5. The largest absolute Gasteiger partial charge is 0.326 e. The Labute approximate surface area is 123 Å². The van der Waals surface area contributed by atoms with E-state index in [0.29, 0.717) is 12.2 Å². The van der Waals surface area contributed by atoms with Crippen molar-refractivity contribution in [3.05, 3.63) is 58.6 Å². The number of halogens is 1. The first-order chi connectivity index (χ1) is 9.42. The van der Waals surface area contributed by atoms with Crippen molar-refractivity contribution in [1.29, 1.82) is 0 Å². The molecule has 6 heteroatoms. The minimum absolute atomic E-state index is 0.0388. The molecule has 106 valence electrons. The van der Waals surface area contributed by atoms with Gasteiger partial charge in [0, 0.05) is 12.2 Å². The molecule has 2 aromatic carbocycles. The average Bonchev–Trinajstić information content (AvgIpc) is 2.40. The third-order valence-electron chi connectivity index (χ3n) is 2.83. The monoisotopic (exact) mass is 310 g/mol. The van der Waals surface area contributed by atoms with Crippen molar-refractivity contribution in [2.75, 3.05) is 4.72 Å². The molecule has 0 atom stereocenters. The molecule has 0 fully saturated rings. The van der Waals surface area contributed by atoms with E-state index in [9.17, 15) is 8.42 Å². The van der Waals surface area contributed by atoms with Crippen LogP contribution in [0.2, 0.25) is 5.02 Å². The number of anilines is 1. The van der Waals surface area contributed by atoms with Crippen LogP contribution in [-0.2, 0) is 16.6 Å². The van der Waals surface area contributed by atoms with Gasteiger partial charge in [0.25, 0.3) is 10.0 Å². The van der Waals surface area contributed by atoms with E-state index in [0.717, 1.165) is 11.1 Å². The zero-order valence-electron chi connectivity index (χ0n) is 10.9. The van der Waals surface area contributed by atoms with E-state index in [2.05, 4.69) is 4.72 Å². The topological polar surface area (TPSA) is 72.2 Å². The Balaban J connectivity index is 2.33. The summed E-state index contributed by atoms with van der Waals surface area (Å²) in [6, 6.07) is 11.7. The Morgan fingerprint density at radius 2 is 1.80 bits per heavy atom. The second-order valence-corrected chi connectivity index (χ2v) is 6.50. The summed E-state index contributed by atoms with van der Waals surface area (Å²) in [6.07, 6.45) is 0. The fourth-order valence-corrected chi connectivity index (χ4v) is 3.35. The number of sulfonamides is 1. The van der Waals surface area contributed by atoms with Gasteiger partial charge in [0.15, 0.2) is 0 Å². The molecule has 0 aliphatic heterocycles. The lowest BCUT2D eigenvalue weighted by molar-refractivity contribution is 0.601. The minimum Gasteiger partial charge on any atom is -0.326 e. The smallest absolute Gasteiger partial charge is 0.263 e. The number of aryl methyl sites for hydroxylation is 1. The number of hydrogen-bond donors (Lipinski definition) is 2. The lowest BCUT2D eigenvalue weighted by Gasteiger charge is -2.10. The van der Waals surface area contributed by atoms with Crippen LogP contribution in [0.25, 0.3) is 0 Å². The summed E-state index contributed by atoms with van der Waals surface area (Å²) in [6.45, 7) is 2.24. The summed E-state index contributed by atoms with van der Waals surface area (Å²) in [7, 11) is -3.70. The second-order valence-electron chi connectivity index (χ2n) is 4.44. The first-order valence-electron chi connectivity index (χ1n) is 6.00. The van der Waals surface area contributed by atoms with Crippen molar-refractivity contribution in [2.24, 2.45) is 5.73 Å². The van der Waals surface area contributed by atoms with Gasteiger partial charge in [-0.15, -0.1) is 0 Å². The normalized spacial score (nSPS) is 11.3. The quantitative estimate of drug-likeness (QED) is 0.912. The van der Waals surface area contributed by atoms with Gasteiger partial charge in [-0.2, -0.15) is 0 Å². The zero-order chi connectivity index (χ0) is 14.8. The summed E-state index contributed by atoms with van der Waals surface area (Å²) in [4.78, 5) is 0.0388. The standard InChI is InChI=1S/C14H15ClN2O2S/c1-10-2-5-12(6-3-10)17-20(18,19)14-7-4-11(9-16)8-13(14)15/h2-8,17H,9,16H2,1H3. The van der Waals surface area contributed by atoms with Crippen molar-refractivity contribution in [3.63, 3.8) is 0 Å².